The number of aromatic nitrogens is 2. The predicted molar refractivity (Wildman–Crippen MR) is 102 cm³/mol. The number of nitrogens with zero attached hydrogens (tertiary/aromatic N) is 2. The molecule has 2 N–H and O–H groups in total. The van der Waals surface area contributed by atoms with Gasteiger partial charge >= 0.3 is 6.03 Å². The van der Waals surface area contributed by atoms with Crippen molar-refractivity contribution in [2.45, 2.75) is 57.4 Å². The standard InChI is InChI=1S/C19H24N4O2S/c1-2-14-6-15-16(26-14)20-10-23(17(15)24)22-18(25)21-19-7-11-3-12(8-19)5-13(4-11)9-19/h6,10-13H,2-5,7-9H2,1H3,(H2,21,22,25). The zero-order valence-corrected chi connectivity index (χ0v) is 15.8. The summed E-state index contributed by atoms with van der Waals surface area (Å²) in [5, 5.41) is 3.80. The average Bonchev–Trinajstić information content (AvgIpc) is 3.00. The Bertz CT molecular complexity index is 896. The zero-order valence-electron chi connectivity index (χ0n) is 15.0. The van der Waals surface area contributed by atoms with Crippen LogP contribution in [0.25, 0.3) is 10.2 Å². The van der Waals surface area contributed by atoms with Gasteiger partial charge in [-0.15, -0.1) is 11.3 Å². The third kappa shape index (κ3) is 2.64. The first-order chi connectivity index (χ1) is 12.5. The van der Waals surface area contributed by atoms with Gasteiger partial charge in [0.25, 0.3) is 5.56 Å². The first-order valence-electron chi connectivity index (χ1n) is 9.63. The third-order valence-corrected chi connectivity index (χ3v) is 7.68. The number of hydrogen-bond donors (Lipinski definition) is 2. The molecule has 0 atom stereocenters. The summed E-state index contributed by atoms with van der Waals surface area (Å²) in [6, 6.07) is 1.59. The van der Waals surface area contributed by atoms with Crippen molar-refractivity contribution in [3.8, 4) is 0 Å². The zero-order chi connectivity index (χ0) is 17.9. The number of aryl methyl sites for hydroxylation is 1. The molecule has 26 heavy (non-hydrogen) atoms. The Kier molecular flexibility index (Phi) is 3.64. The molecule has 2 heterocycles. The van der Waals surface area contributed by atoms with Crippen LogP contribution in [-0.4, -0.2) is 21.2 Å². The third-order valence-electron chi connectivity index (χ3n) is 6.49. The van der Waals surface area contributed by atoms with E-state index < -0.39 is 0 Å². The predicted octanol–water partition coefficient (Wildman–Crippen LogP) is 3.24. The van der Waals surface area contributed by atoms with Crippen molar-refractivity contribution in [1.29, 1.82) is 0 Å². The van der Waals surface area contributed by atoms with Crippen LogP contribution < -0.4 is 16.3 Å². The van der Waals surface area contributed by atoms with Crippen LogP contribution in [0.1, 0.15) is 50.3 Å². The maximum Gasteiger partial charge on any atom is 0.334 e. The van der Waals surface area contributed by atoms with Crippen LogP contribution in [0.5, 0.6) is 0 Å². The summed E-state index contributed by atoms with van der Waals surface area (Å²) in [6.07, 6.45) is 9.55. The highest BCUT2D eigenvalue weighted by atomic mass is 32.1. The van der Waals surface area contributed by atoms with E-state index in [2.05, 4.69) is 22.7 Å². The van der Waals surface area contributed by atoms with Crippen molar-refractivity contribution in [1.82, 2.24) is 15.0 Å². The van der Waals surface area contributed by atoms with Crippen LogP contribution in [0.3, 0.4) is 0 Å². The molecule has 4 saturated carbocycles. The van der Waals surface area contributed by atoms with Gasteiger partial charge in [0, 0.05) is 10.4 Å². The molecule has 0 spiro atoms. The van der Waals surface area contributed by atoms with E-state index in [4.69, 9.17) is 0 Å². The van der Waals surface area contributed by atoms with Crippen LogP contribution in [0.15, 0.2) is 17.2 Å². The van der Waals surface area contributed by atoms with E-state index >= 15 is 0 Å². The molecule has 0 saturated heterocycles. The summed E-state index contributed by atoms with van der Waals surface area (Å²) in [7, 11) is 0. The fourth-order valence-corrected chi connectivity index (χ4v) is 6.79. The molecule has 7 heteroatoms. The fraction of sp³-hybridized carbons (Fsp3) is 0.632. The number of urea groups is 1. The van der Waals surface area contributed by atoms with Crippen molar-refractivity contribution >= 4 is 27.6 Å². The largest absolute Gasteiger partial charge is 0.334 e. The van der Waals surface area contributed by atoms with E-state index in [0.717, 1.165) is 53.1 Å². The van der Waals surface area contributed by atoms with Gasteiger partial charge in [0.05, 0.1) is 5.39 Å². The Morgan fingerprint density at radius 3 is 2.54 bits per heavy atom. The van der Waals surface area contributed by atoms with Gasteiger partial charge in [-0.05, 0) is 68.8 Å². The minimum Gasteiger partial charge on any atom is -0.331 e. The molecule has 0 radical (unpaired) electrons. The number of hydrogen-bond acceptors (Lipinski definition) is 4. The lowest BCUT2D eigenvalue weighted by molar-refractivity contribution is -0.0128. The maximum absolute atomic E-state index is 12.6. The first kappa shape index (κ1) is 16.3. The average molecular weight is 372 g/mol. The Balaban J connectivity index is 1.35. The topological polar surface area (TPSA) is 76.0 Å². The van der Waals surface area contributed by atoms with Crippen LogP contribution in [0.4, 0.5) is 4.79 Å². The summed E-state index contributed by atoms with van der Waals surface area (Å²) < 4.78 is 1.21. The number of nitrogens with one attached hydrogen (secondary N) is 2. The highest BCUT2D eigenvalue weighted by molar-refractivity contribution is 7.18. The quantitative estimate of drug-likeness (QED) is 0.868. The van der Waals surface area contributed by atoms with Crippen molar-refractivity contribution in [3.05, 3.63) is 27.6 Å². The Hall–Kier alpha value is -1.89. The summed E-state index contributed by atoms with van der Waals surface area (Å²) in [5.41, 5.74) is 2.41. The van der Waals surface area contributed by atoms with E-state index in [-0.39, 0.29) is 17.1 Å². The number of fused-ring (bicyclic) bond motifs is 1. The molecule has 6 rings (SSSR count). The van der Waals surface area contributed by atoms with Crippen molar-refractivity contribution in [2.75, 3.05) is 5.43 Å². The second kappa shape index (κ2) is 5.81. The summed E-state index contributed by atoms with van der Waals surface area (Å²) in [5.74, 6) is 2.29. The van der Waals surface area contributed by atoms with Gasteiger partial charge in [0.15, 0.2) is 0 Å². The molecular formula is C19H24N4O2S. The van der Waals surface area contributed by atoms with Crippen LogP contribution >= 0.6 is 11.3 Å². The summed E-state index contributed by atoms with van der Waals surface area (Å²) in [4.78, 5) is 31.5. The molecule has 6 nitrogen and oxygen atoms in total. The van der Waals surface area contributed by atoms with Crippen LogP contribution in [-0.2, 0) is 6.42 Å². The van der Waals surface area contributed by atoms with E-state index in [0.29, 0.717) is 5.39 Å². The Labute approximate surface area is 156 Å². The molecule has 0 aromatic carbocycles. The van der Waals surface area contributed by atoms with Crippen LogP contribution in [0, 0.1) is 17.8 Å². The summed E-state index contributed by atoms with van der Waals surface area (Å²) in [6.45, 7) is 2.06. The van der Waals surface area contributed by atoms with Gasteiger partial charge < -0.3 is 5.32 Å². The monoisotopic (exact) mass is 372 g/mol. The number of amides is 2. The number of rotatable bonds is 3. The summed E-state index contributed by atoms with van der Waals surface area (Å²) >= 11 is 1.53. The van der Waals surface area contributed by atoms with E-state index in [1.807, 2.05) is 6.07 Å². The Morgan fingerprint density at radius 1 is 1.27 bits per heavy atom. The van der Waals surface area contributed by atoms with E-state index in [1.54, 1.807) is 0 Å². The molecule has 2 aromatic heterocycles. The van der Waals surface area contributed by atoms with Crippen molar-refractivity contribution < 1.29 is 4.79 Å². The van der Waals surface area contributed by atoms with Gasteiger partial charge in [-0.2, -0.15) is 0 Å². The molecule has 2 amide bonds. The van der Waals surface area contributed by atoms with Gasteiger partial charge in [-0.1, -0.05) is 6.92 Å². The van der Waals surface area contributed by atoms with Gasteiger partial charge in [-0.25, -0.2) is 19.9 Å². The number of thiophene rings is 1. The first-order valence-corrected chi connectivity index (χ1v) is 10.4. The molecular weight excluding hydrogens is 348 g/mol. The SMILES string of the molecule is CCc1cc2c(=O)n(NC(=O)NC34CC5CC(CC(C5)C3)C4)cnc2s1. The lowest BCUT2D eigenvalue weighted by atomic mass is 9.53. The second-order valence-electron chi connectivity index (χ2n) is 8.47. The maximum atomic E-state index is 12.6. The minimum atomic E-state index is -0.291. The second-order valence-corrected chi connectivity index (χ2v) is 9.58. The molecule has 0 aliphatic heterocycles. The van der Waals surface area contributed by atoms with Gasteiger partial charge in [0.1, 0.15) is 11.2 Å². The molecule has 4 bridgehead atoms. The van der Waals surface area contributed by atoms with Crippen molar-refractivity contribution in [3.63, 3.8) is 0 Å². The fourth-order valence-electron chi connectivity index (χ4n) is 5.87. The lowest BCUT2D eigenvalue weighted by Gasteiger charge is -2.56. The van der Waals surface area contributed by atoms with Gasteiger partial charge in [0.2, 0.25) is 0 Å². The van der Waals surface area contributed by atoms with E-state index in [9.17, 15) is 9.59 Å². The van der Waals surface area contributed by atoms with E-state index in [1.165, 1.54) is 41.6 Å². The van der Waals surface area contributed by atoms with Gasteiger partial charge in [-0.3, -0.25) is 4.79 Å². The minimum absolute atomic E-state index is 0.0717. The molecule has 4 fully saturated rings. The molecule has 0 unspecified atom stereocenters. The number of carbonyl (C=O) groups excluding carboxylic acids is 1. The Morgan fingerprint density at radius 2 is 1.92 bits per heavy atom. The number of carbonyl (C=O) groups is 1. The highest BCUT2D eigenvalue weighted by Crippen LogP contribution is 2.55. The molecule has 138 valence electrons. The lowest BCUT2D eigenvalue weighted by Crippen LogP contribution is -2.61. The normalized spacial score (nSPS) is 32.1. The van der Waals surface area contributed by atoms with Crippen molar-refractivity contribution in [2.24, 2.45) is 17.8 Å². The molecule has 4 aliphatic carbocycles. The van der Waals surface area contributed by atoms with Crippen LogP contribution in [0.2, 0.25) is 0 Å². The molecule has 4 aliphatic rings. The highest BCUT2D eigenvalue weighted by Gasteiger charge is 2.51. The molecule has 2 aromatic rings. The smallest absolute Gasteiger partial charge is 0.331 e.